The maximum absolute atomic E-state index is 11.6. The summed E-state index contributed by atoms with van der Waals surface area (Å²) in [6.45, 7) is 8.19. The molecule has 232 valence electrons. The van der Waals surface area contributed by atoms with E-state index in [1.165, 1.54) is 5.56 Å². The van der Waals surface area contributed by atoms with Crippen molar-refractivity contribution < 1.29 is 9.53 Å². The number of hydrogen-bond donors (Lipinski definition) is 0. The summed E-state index contributed by atoms with van der Waals surface area (Å²) in [6.07, 6.45) is 10.9. The van der Waals surface area contributed by atoms with Crippen LogP contribution in [0.15, 0.2) is 67.1 Å². The molecule has 12 nitrogen and oxygen atoms in total. The van der Waals surface area contributed by atoms with Crippen LogP contribution in [0.5, 0.6) is 0 Å². The fraction of sp³-hybridized carbons (Fsp3) is 0.324. The lowest BCUT2D eigenvalue weighted by Gasteiger charge is -2.34. The number of terminal acetylenes is 1. The van der Waals surface area contributed by atoms with Crippen LogP contribution in [0.25, 0.3) is 33.7 Å². The minimum atomic E-state index is -0.157. The number of carbonyl (C=O) groups is 1. The summed E-state index contributed by atoms with van der Waals surface area (Å²) >= 11 is 0. The van der Waals surface area contributed by atoms with Gasteiger partial charge >= 0.3 is 0 Å². The number of ether oxygens (including phenoxy) is 1. The zero-order valence-corrected chi connectivity index (χ0v) is 25.7. The van der Waals surface area contributed by atoms with Crippen molar-refractivity contribution in [3.63, 3.8) is 0 Å². The van der Waals surface area contributed by atoms with Crippen molar-refractivity contribution in [3.8, 4) is 34.7 Å². The summed E-state index contributed by atoms with van der Waals surface area (Å²) in [6, 6.07) is 16.2. The van der Waals surface area contributed by atoms with Crippen LogP contribution in [-0.4, -0.2) is 103 Å². The molecule has 7 rings (SSSR count). The maximum Gasteiger partial charge on any atom is 0.225 e. The molecule has 2 aliphatic rings. The van der Waals surface area contributed by atoms with Crippen LogP contribution in [0, 0.1) is 12.3 Å². The average Bonchev–Trinajstić information content (AvgIpc) is 3.50. The van der Waals surface area contributed by atoms with Crippen molar-refractivity contribution in [2.45, 2.75) is 26.1 Å². The number of morpholine rings is 1. The second-order valence-electron chi connectivity index (χ2n) is 11.6. The topological polar surface area (TPSA) is 118 Å². The number of rotatable bonds is 7. The minimum absolute atomic E-state index is 0.153. The third-order valence-electron chi connectivity index (χ3n) is 8.50. The average molecular weight is 615 g/mol. The summed E-state index contributed by atoms with van der Waals surface area (Å²) in [5.41, 5.74) is 6.71. The summed E-state index contributed by atoms with van der Waals surface area (Å²) in [7, 11) is 0. The molecule has 1 atom stereocenters. The second-order valence-corrected chi connectivity index (χ2v) is 11.6. The first kappa shape index (κ1) is 29.5. The van der Waals surface area contributed by atoms with Crippen molar-refractivity contribution in [3.05, 3.63) is 78.2 Å². The molecule has 0 radical (unpaired) electrons. The first-order chi connectivity index (χ1) is 22.5. The van der Waals surface area contributed by atoms with Crippen molar-refractivity contribution in [2.75, 3.05) is 50.8 Å². The number of anilines is 1. The molecule has 46 heavy (non-hydrogen) atoms. The second kappa shape index (κ2) is 13.0. The van der Waals surface area contributed by atoms with Gasteiger partial charge in [-0.3, -0.25) is 9.69 Å². The number of amides is 1. The first-order valence-electron chi connectivity index (χ1n) is 15.4. The summed E-state index contributed by atoms with van der Waals surface area (Å²) in [4.78, 5) is 36.7. The summed E-state index contributed by atoms with van der Waals surface area (Å²) < 4.78 is 7.84. The van der Waals surface area contributed by atoms with E-state index in [2.05, 4.69) is 55.3 Å². The Labute approximate surface area is 267 Å². The highest BCUT2D eigenvalue weighted by Crippen LogP contribution is 2.23. The lowest BCUT2D eigenvalue weighted by Crippen LogP contribution is -2.47. The van der Waals surface area contributed by atoms with E-state index in [9.17, 15) is 4.79 Å². The van der Waals surface area contributed by atoms with E-state index < -0.39 is 0 Å². The Morgan fingerprint density at radius 3 is 2.52 bits per heavy atom. The van der Waals surface area contributed by atoms with Gasteiger partial charge in [-0.05, 0) is 23.3 Å². The van der Waals surface area contributed by atoms with Gasteiger partial charge in [0.2, 0.25) is 17.5 Å². The molecule has 1 amide bonds. The molecule has 5 heterocycles. The van der Waals surface area contributed by atoms with Gasteiger partial charge in [0.05, 0.1) is 31.1 Å². The van der Waals surface area contributed by atoms with Gasteiger partial charge in [-0.2, -0.15) is 0 Å². The smallest absolute Gasteiger partial charge is 0.225 e. The van der Waals surface area contributed by atoms with Crippen molar-refractivity contribution in [1.82, 2.24) is 44.7 Å². The molecule has 2 fully saturated rings. The van der Waals surface area contributed by atoms with Crippen molar-refractivity contribution in [2.24, 2.45) is 0 Å². The number of benzene rings is 2. The van der Waals surface area contributed by atoms with Gasteiger partial charge in [0.15, 0.2) is 5.65 Å². The highest BCUT2D eigenvalue weighted by Gasteiger charge is 2.25. The zero-order valence-electron chi connectivity index (χ0n) is 25.7. The summed E-state index contributed by atoms with van der Waals surface area (Å²) in [5, 5.41) is 8.52. The zero-order chi connectivity index (χ0) is 31.5. The van der Waals surface area contributed by atoms with Crippen LogP contribution < -0.4 is 4.90 Å². The SMILES string of the molecule is C#Cc1cccc(-c2cnc3nnn(CC4CN(c5ncc(-c6ccc(CN7CCN(C(C)=O)CC7)cc6)cn5)CCO4)c3n2)c1. The van der Waals surface area contributed by atoms with E-state index >= 15 is 0 Å². The Hall–Kier alpha value is -5.25. The molecule has 2 aliphatic heterocycles. The Balaban J connectivity index is 0.980. The molecule has 0 bridgehead atoms. The molecule has 0 saturated carbocycles. The highest BCUT2D eigenvalue weighted by atomic mass is 16.5. The number of aromatic nitrogens is 7. The lowest BCUT2D eigenvalue weighted by atomic mass is 10.1. The van der Waals surface area contributed by atoms with Crippen LogP contribution in [0.2, 0.25) is 0 Å². The fourth-order valence-corrected chi connectivity index (χ4v) is 5.91. The normalized spacial score (nSPS) is 17.3. The third kappa shape index (κ3) is 6.42. The standard InChI is InChI=1S/C34H34N10O2/c1-3-25-5-4-6-28(17-25)31-20-35-32-33(38-31)44(40-39-32)23-30-22-43(15-16-46-30)34-36-18-29(19-37-34)27-9-7-26(8-10-27)21-41-11-13-42(14-12-41)24(2)45/h1,4-10,17-20,30H,11-16,21-23H2,2H3. The molecule has 0 N–H and O–H groups in total. The van der Waals surface area contributed by atoms with Gasteiger partial charge in [-0.1, -0.05) is 47.5 Å². The van der Waals surface area contributed by atoms with Crippen LogP contribution in [0.4, 0.5) is 5.95 Å². The summed E-state index contributed by atoms with van der Waals surface area (Å²) in [5.74, 6) is 3.48. The van der Waals surface area contributed by atoms with E-state index in [1.807, 2.05) is 41.6 Å². The van der Waals surface area contributed by atoms with Gasteiger partial charge < -0.3 is 14.5 Å². The maximum atomic E-state index is 11.6. The van der Waals surface area contributed by atoms with E-state index in [4.69, 9.17) is 26.1 Å². The molecule has 2 saturated heterocycles. The Kier molecular flexibility index (Phi) is 8.33. The monoisotopic (exact) mass is 614 g/mol. The largest absolute Gasteiger partial charge is 0.373 e. The van der Waals surface area contributed by atoms with Crippen molar-refractivity contribution in [1.29, 1.82) is 0 Å². The van der Waals surface area contributed by atoms with E-state index in [0.717, 1.165) is 55.0 Å². The molecule has 0 aliphatic carbocycles. The van der Waals surface area contributed by atoms with Gasteiger partial charge in [0, 0.05) is 81.8 Å². The molecule has 0 spiro atoms. The van der Waals surface area contributed by atoms with Crippen LogP contribution in [-0.2, 0) is 22.6 Å². The molecular weight excluding hydrogens is 580 g/mol. The Bertz CT molecular complexity index is 1880. The quantitative estimate of drug-likeness (QED) is 0.253. The van der Waals surface area contributed by atoms with Crippen LogP contribution in [0.1, 0.15) is 18.1 Å². The number of piperazine rings is 1. The number of hydrogen-bond acceptors (Lipinski definition) is 10. The molecule has 2 aromatic carbocycles. The number of fused-ring (bicyclic) bond motifs is 1. The van der Waals surface area contributed by atoms with Crippen LogP contribution in [0.3, 0.4) is 0 Å². The van der Waals surface area contributed by atoms with Gasteiger partial charge in [-0.25, -0.2) is 24.6 Å². The molecule has 5 aromatic rings. The molecule has 12 heteroatoms. The van der Waals surface area contributed by atoms with Crippen LogP contribution >= 0.6 is 0 Å². The number of nitrogens with zero attached hydrogens (tertiary/aromatic N) is 10. The van der Waals surface area contributed by atoms with E-state index in [0.29, 0.717) is 49.2 Å². The van der Waals surface area contributed by atoms with Gasteiger partial charge in [0.1, 0.15) is 0 Å². The van der Waals surface area contributed by atoms with Crippen molar-refractivity contribution >= 4 is 23.1 Å². The predicted octanol–water partition coefficient (Wildman–Crippen LogP) is 2.90. The van der Waals surface area contributed by atoms with E-state index in [-0.39, 0.29) is 12.0 Å². The molecule has 1 unspecified atom stereocenters. The van der Waals surface area contributed by atoms with Gasteiger partial charge in [-0.15, -0.1) is 11.5 Å². The Morgan fingerprint density at radius 2 is 1.76 bits per heavy atom. The minimum Gasteiger partial charge on any atom is -0.373 e. The highest BCUT2D eigenvalue weighted by molar-refractivity contribution is 5.73. The fourth-order valence-electron chi connectivity index (χ4n) is 5.91. The molecule has 3 aromatic heterocycles. The van der Waals surface area contributed by atoms with E-state index in [1.54, 1.807) is 17.8 Å². The molecular formula is C34H34N10O2. The number of carbonyl (C=O) groups excluding carboxylic acids is 1. The lowest BCUT2D eigenvalue weighted by molar-refractivity contribution is -0.130. The first-order valence-corrected chi connectivity index (χ1v) is 15.4. The third-order valence-corrected chi connectivity index (χ3v) is 8.50. The predicted molar refractivity (Wildman–Crippen MR) is 173 cm³/mol. The Morgan fingerprint density at radius 1 is 0.957 bits per heavy atom. The van der Waals surface area contributed by atoms with Gasteiger partial charge in [0.25, 0.3) is 0 Å².